The molecule has 0 fully saturated rings. The summed E-state index contributed by atoms with van der Waals surface area (Å²) in [7, 11) is 0. The predicted molar refractivity (Wildman–Crippen MR) is 62.6 cm³/mol. The van der Waals surface area contributed by atoms with Crippen molar-refractivity contribution < 1.29 is 9.53 Å². The zero-order valence-electron chi connectivity index (χ0n) is 9.67. The number of carbonyl (C=O) groups is 1. The summed E-state index contributed by atoms with van der Waals surface area (Å²) in [6, 6.07) is 9.36. The van der Waals surface area contributed by atoms with Gasteiger partial charge in [0.1, 0.15) is 5.75 Å². The molecule has 0 aliphatic carbocycles. The number of ether oxygens (including phenoxy) is 1. The molecule has 18 heavy (non-hydrogen) atoms. The first-order valence-electron chi connectivity index (χ1n) is 5.51. The Kier molecular flexibility index (Phi) is 4.23. The van der Waals surface area contributed by atoms with Crippen molar-refractivity contribution >= 4 is 5.91 Å². The Morgan fingerprint density at radius 3 is 2.89 bits per heavy atom. The van der Waals surface area contributed by atoms with Crippen molar-refractivity contribution in [1.29, 1.82) is 0 Å². The van der Waals surface area contributed by atoms with Gasteiger partial charge in [0.05, 0.1) is 19.6 Å². The van der Waals surface area contributed by atoms with Gasteiger partial charge in [-0.3, -0.25) is 4.79 Å². The van der Waals surface area contributed by atoms with Crippen LogP contribution in [0.15, 0.2) is 30.3 Å². The highest BCUT2D eigenvalue weighted by molar-refractivity contribution is 5.75. The summed E-state index contributed by atoms with van der Waals surface area (Å²) in [5.74, 6) is 1.09. The molecular weight excluding hydrogens is 234 g/mol. The minimum Gasteiger partial charge on any atom is -0.493 e. The lowest BCUT2D eigenvalue weighted by molar-refractivity contribution is -0.121. The lowest BCUT2D eigenvalue weighted by Crippen LogP contribution is -2.25. The molecule has 0 atom stereocenters. The number of hydrogen-bond donors (Lipinski definition) is 2. The summed E-state index contributed by atoms with van der Waals surface area (Å²) in [5.41, 5.74) is 0. The third-order valence-electron chi connectivity index (χ3n) is 2.17. The molecule has 1 amide bonds. The Balaban J connectivity index is 1.63. The molecular formula is C11H13N5O2. The molecule has 0 unspecified atom stereocenters. The molecule has 2 aromatic rings. The average Bonchev–Trinajstić information content (AvgIpc) is 2.91. The molecule has 0 aliphatic rings. The monoisotopic (exact) mass is 247 g/mol. The fraction of sp³-hybridized carbons (Fsp3) is 0.273. The van der Waals surface area contributed by atoms with Crippen molar-refractivity contribution in [2.75, 3.05) is 6.61 Å². The van der Waals surface area contributed by atoms with E-state index in [-0.39, 0.29) is 18.9 Å². The number of rotatable bonds is 6. The SMILES string of the molecule is O=C(CCOc1ccccc1)NCc1nn[nH]n1. The van der Waals surface area contributed by atoms with Crippen molar-refractivity contribution in [3.05, 3.63) is 36.2 Å². The van der Waals surface area contributed by atoms with Crippen LogP contribution in [0.2, 0.25) is 0 Å². The normalized spacial score (nSPS) is 10.0. The molecule has 7 heteroatoms. The van der Waals surface area contributed by atoms with Gasteiger partial charge in [-0.2, -0.15) is 5.21 Å². The Hall–Kier alpha value is -2.44. The van der Waals surface area contributed by atoms with E-state index in [0.29, 0.717) is 12.4 Å². The standard InChI is InChI=1S/C11H13N5O2/c17-11(12-8-10-13-15-16-14-10)6-7-18-9-4-2-1-3-5-9/h1-5H,6-8H2,(H,12,17)(H,13,14,15,16). The van der Waals surface area contributed by atoms with Crippen LogP contribution in [0.3, 0.4) is 0 Å². The number of hydrogen-bond acceptors (Lipinski definition) is 5. The number of para-hydroxylation sites is 1. The number of aromatic nitrogens is 4. The van der Waals surface area contributed by atoms with E-state index in [1.165, 1.54) is 0 Å². The van der Waals surface area contributed by atoms with Gasteiger partial charge in [0.25, 0.3) is 0 Å². The van der Waals surface area contributed by atoms with E-state index in [2.05, 4.69) is 25.9 Å². The van der Waals surface area contributed by atoms with E-state index in [1.54, 1.807) is 0 Å². The molecule has 0 saturated heterocycles. The molecule has 0 spiro atoms. The van der Waals surface area contributed by atoms with Crippen molar-refractivity contribution in [1.82, 2.24) is 25.9 Å². The van der Waals surface area contributed by atoms with Crippen molar-refractivity contribution in [3.8, 4) is 5.75 Å². The van der Waals surface area contributed by atoms with Gasteiger partial charge in [-0.25, -0.2) is 0 Å². The van der Waals surface area contributed by atoms with E-state index in [4.69, 9.17) is 4.74 Å². The summed E-state index contributed by atoms with van der Waals surface area (Å²) in [6.07, 6.45) is 0.284. The second-order valence-electron chi connectivity index (χ2n) is 3.52. The summed E-state index contributed by atoms with van der Waals surface area (Å²) in [6.45, 7) is 0.600. The quantitative estimate of drug-likeness (QED) is 0.765. The third kappa shape index (κ3) is 3.85. The largest absolute Gasteiger partial charge is 0.493 e. The number of carbonyl (C=O) groups excluding carboxylic acids is 1. The summed E-state index contributed by atoms with van der Waals surface area (Å²) in [5, 5.41) is 15.8. The van der Waals surface area contributed by atoms with Gasteiger partial charge < -0.3 is 10.1 Å². The maximum Gasteiger partial charge on any atom is 0.223 e. The third-order valence-corrected chi connectivity index (χ3v) is 2.17. The van der Waals surface area contributed by atoms with Crippen LogP contribution >= 0.6 is 0 Å². The molecule has 2 rings (SSSR count). The topological polar surface area (TPSA) is 92.8 Å². The van der Waals surface area contributed by atoms with Gasteiger partial charge in [-0.15, -0.1) is 10.2 Å². The van der Waals surface area contributed by atoms with Crippen LogP contribution < -0.4 is 10.1 Å². The Labute approximate surface area is 104 Å². The zero-order valence-corrected chi connectivity index (χ0v) is 9.67. The second kappa shape index (κ2) is 6.33. The van der Waals surface area contributed by atoms with Crippen LogP contribution in [-0.4, -0.2) is 33.1 Å². The van der Waals surface area contributed by atoms with Crippen molar-refractivity contribution in [3.63, 3.8) is 0 Å². The van der Waals surface area contributed by atoms with Crippen LogP contribution in [0.25, 0.3) is 0 Å². The molecule has 1 aromatic heterocycles. The number of nitrogens with zero attached hydrogens (tertiary/aromatic N) is 3. The van der Waals surface area contributed by atoms with Crippen LogP contribution in [0.4, 0.5) is 0 Å². The van der Waals surface area contributed by atoms with Gasteiger partial charge in [-0.1, -0.05) is 23.4 Å². The number of nitrogens with one attached hydrogen (secondary N) is 2. The molecule has 1 heterocycles. The fourth-order valence-electron chi connectivity index (χ4n) is 1.30. The van der Waals surface area contributed by atoms with E-state index in [9.17, 15) is 4.79 Å². The van der Waals surface area contributed by atoms with E-state index in [0.717, 1.165) is 5.75 Å². The number of tetrazole rings is 1. The lowest BCUT2D eigenvalue weighted by atomic mass is 10.3. The van der Waals surface area contributed by atoms with Crippen LogP contribution in [0.5, 0.6) is 5.75 Å². The van der Waals surface area contributed by atoms with Crippen LogP contribution in [0, 0.1) is 0 Å². The smallest absolute Gasteiger partial charge is 0.223 e. The Morgan fingerprint density at radius 1 is 1.33 bits per heavy atom. The molecule has 94 valence electrons. The maximum absolute atomic E-state index is 11.5. The minimum atomic E-state index is -0.115. The van der Waals surface area contributed by atoms with E-state index < -0.39 is 0 Å². The highest BCUT2D eigenvalue weighted by Gasteiger charge is 2.04. The van der Waals surface area contributed by atoms with Gasteiger partial charge in [-0.05, 0) is 12.1 Å². The van der Waals surface area contributed by atoms with Gasteiger partial charge >= 0.3 is 0 Å². The van der Waals surface area contributed by atoms with E-state index >= 15 is 0 Å². The molecule has 0 bridgehead atoms. The minimum absolute atomic E-state index is 0.115. The first kappa shape index (κ1) is 12.0. The molecule has 1 aromatic carbocycles. The summed E-state index contributed by atoms with van der Waals surface area (Å²) in [4.78, 5) is 11.5. The number of aromatic amines is 1. The second-order valence-corrected chi connectivity index (χ2v) is 3.52. The molecule has 2 N–H and O–H groups in total. The first-order chi connectivity index (χ1) is 8.84. The zero-order chi connectivity index (χ0) is 12.6. The average molecular weight is 247 g/mol. The Bertz CT molecular complexity index is 471. The number of H-pyrrole nitrogens is 1. The maximum atomic E-state index is 11.5. The summed E-state index contributed by atoms with van der Waals surface area (Å²) >= 11 is 0. The van der Waals surface area contributed by atoms with Crippen molar-refractivity contribution in [2.45, 2.75) is 13.0 Å². The van der Waals surface area contributed by atoms with Gasteiger partial charge in [0, 0.05) is 0 Å². The highest BCUT2D eigenvalue weighted by Crippen LogP contribution is 2.08. The molecule has 0 saturated carbocycles. The van der Waals surface area contributed by atoms with Crippen LogP contribution in [0.1, 0.15) is 12.2 Å². The summed E-state index contributed by atoms with van der Waals surface area (Å²) < 4.78 is 5.40. The van der Waals surface area contributed by atoms with Gasteiger partial charge in [0.2, 0.25) is 5.91 Å². The molecule has 7 nitrogen and oxygen atoms in total. The Morgan fingerprint density at radius 2 is 2.17 bits per heavy atom. The lowest BCUT2D eigenvalue weighted by Gasteiger charge is -2.05. The number of benzene rings is 1. The fourth-order valence-corrected chi connectivity index (χ4v) is 1.30. The predicted octanol–water partition coefficient (Wildman–Crippen LogP) is 0.285. The molecule has 0 aliphatic heterocycles. The van der Waals surface area contributed by atoms with E-state index in [1.807, 2.05) is 30.3 Å². The first-order valence-corrected chi connectivity index (χ1v) is 5.51. The molecule has 0 radical (unpaired) electrons. The number of amides is 1. The highest BCUT2D eigenvalue weighted by atomic mass is 16.5. The van der Waals surface area contributed by atoms with Crippen LogP contribution in [-0.2, 0) is 11.3 Å². The van der Waals surface area contributed by atoms with Crippen molar-refractivity contribution in [2.24, 2.45) is 0 Å². The van der Waals surface area contributed by atoms with Gasteiger partial charge in [0.15, 0.2) is 5.82 Å².